The Morgan fingerprint density at radius 3 is 2.69 bits per heavy atom. The van der Waals surface area contributed by atoms with E-state index in [1.165, 1.54) is 5.56 Å². The van der Waals surface area contributed by atoms with Crippen molar-refractivity contribution < 1.29 is 9.84 Å². The van der Waals surface area contributed by atoms with Crippen molar-refractivity contribution in [2.24, 2.45) is 0 Å². The fourth-order valence-corrected chi connectivity index (χ4v) is 1.68. The van der Waals surface area contributed by atoms with Crippen LogP contribution in [0.3, 0.4) is 0 Å². The SMILES string of the molecule is O[C@@H]1CCO[C@@H]1Cc1ccccc1. The van der Waals surface area contributed by atoms with Crippen LogP contribution in [0.25, 0.3) is 0 Å². The van der Waals surface area contributed by atoms with E-state index in [0.717, 1.165) is 12.8 Å². The quantitative estimate of drug-likeness (QED) is 0.741. The molecule has 0 spiro atoms. The van der Waals surface area contributed by atoms with Gasteiger partial charge in [0.2, 0.25) is 0 Å². The Kier molecular flexibility index (Phi) is 2.62. The number of aliphatic hydroxyl groups is 1. The van der Waals surface area contributed by atoms with Gasteiger partial charge in [-0.3, -0.25) is 0 Å². The summed E-state index contributed by atoms with van der Waals surface area (Å²) in [6.07, 6.45) is 1.32. The van der Waals surface area contributed by atoms with Gasteiger partial charge in [-0.15, -0.1) is 0 Å². The minimum atomic E-state index is -0.278. The Labute approximate surface area is 78.2 Å². The molecule has 1 N–H and O–H groups in total. The summed E-state index contributed by atoms with van der Waals surface area (Å²) in [5, 5.41) is 9.53. The Balaban J connectivity index is 1.98. The molecule has 0 saturated carbocycles. The molecule has 1 fully saturated rings. The van der Waals surface area contributed by atoms with E-state index in [0.29, 0.717) is 6.61 Å². The molecule has 0 radical (unpaired) electrons. The average molecular weight is 178 g/mol. The number of rotatable bonds is 2. The third kappa shape index (κ3) is 2.08. The minimum Gasteiger partial charge on any atom is -0.390 e. The summed E-state index contributed by atoms with van der Waals surface area (Å²) in [7, 11) is 0. The van der Waals surface area contributed by atoms with Crippen molar-refractivity contribution in [1.29, 1.82) is 0 Å². The number of aliphatic hydroxyl groups excluding tert-OH is 1. The monoisotopic (exact) mass is 178 g/mol. The van der Waals surface area contributed by atoms with Crippen molar-refractivity contribution in [1.82, 2.24) is 0 Å². The van der Waals surface area contributed by atoms with Crippen LogP contribution in [0.4, 0.5) is 0 Å². The van der Waals surface area contributed by atoms with Crippen LogP contribution in [0.2, 0.25) is 0 Å². The van der Waals surface area contributed by atoms with Gasteiger partial charge in [0.15, 0.2) is 0 Å². The van der Waals surface area contributed by atoms with Crippen molar-refractivity contribution >= 4 is 0 Å². The van der Waals surface area contributed by atoms with Crippen LogP contribution in [0.1, 0.15) is 12.0 Å². The van der Waals surface area contributed by atoms with Crippen LogP contribution in [0.5, 0.6) is 0 Å². The molecule has 13 heavy (non-hydrogen) atoms. The normalized spacial score (nSPS) is 27.8. The second-order valence-electron chi connectivity index (χ2n) is 3.45. The lowest BCUT2D eigenvalue weighted by Crippen LogP contribution is -2.23. The van der Waals surface area contributed by atoms with Crippen molar-refractivity contribution in [2.45, 2.75) is 25.0 Å². The molecule has 2 atom stereocenters. The topological polar surface area (TPSA) is 29.5 Å². The highest BCUT2D eigenvalue weighted by Crippen LogP contribution is 2.17. The first-order chi connectivity index (χ1) is 6.36. The van der Waals surface area contributed by atoms with Crippen LogP contribution in [-0.2, 0) is 11.2 Å². The lowest BCUT2D eigenvalue weighted by atomic mass is 10.0. The summed E-state index contributed by atoms with van der Waals surface area (Å²) >= 11 is 0. The highest BCUT2D eigenvalue weighted by Gasteiger charge is 2.25. The first kappa shape index (κ1) is 8.73. The number of benzene rings is 1. The van der Waals surface area contributed by atoms with Crippen molar-refractivity contribution in [3.8, 4) is 0 Å². The first-order valence-corrected chi connectivity index (χ1v) is 4.70. The van der Waals surface area contributed by atoms with Gasteiger partial charge in [-0.1, -0.05) is 30.3 Å². The molecule has 2 nitrogen and oxygen atoms in total. The molecule has 1 saturated heterocycles. The maximum Gasteiger partial charge on any atom is 0.0874 e. The summed E-state index contributed by atoms with van der Waals surface area (Å²) in [4.78, 5) is 0. The minimum absolute atomic E-state index is 0.00222. The average Bonchev–Trinajstić information content (AvgIpc) is 2.54. The van der Waals surface area contributed by atoms with Gasteiger partial charge in [0, 0.05) is 13.0 Å². The standard InChI is InChI=1S/C11H14O2/c12-10-6-7-13-11(10)8-9-4-2-1-3-5-9/h1-5,10-12H,6-8H2/t10-,11-/m1/s1. The molecular formula is C11H14O2. The molecule has 1 aliphatic heterocycles. The molecule has 1 aromatic carbocycles. The van der Waals surface area contributed by atoms with Crippen molar-refractivity contribution in [2.75, 3.05) is 6.61 Å². The zero-order valence-corrected chi connectivity index (χ0v) is 7.52. The third-order valence-electron chi connectivity index (χ3n) is 2.45. The van der Waals surface area contributed by atoms with Crippen molar-refractivity contribution in [3.63, 3.8) is 0 Å². The van der Waals surface area contributed by atoms with Gasteiger partial charge in [-0.05, 0) is 12.0 Å². The molecule has 0 aromatic heterocycles. The summed E-state index contributed by atoms with van der Waals surface area (Å²) < 4.78 is 5.42. The summed E-state index contributed by atoms with van der Waals surface area (Å²) in [5.41, 5.74) is 1.23. The first-order valence-electron chi connectivity index (χ1n) is 4.70. The lowest BCUT2D eigenvalue weighted by Gasteiger charge is -2.13. The molecule has 1 aromatic rings. The Bertz CT molecular complexity index is 258. The number of hydrogen-bond donors (Lipinski definition) is 1. The van der Waals surface area contributed by atoms with E-state index in [4.69, 9.17) is 4.74 Å². The van der Waals surface area contributed by atoms with Gasteiger partial charge < -0.3 is 9.84 Å². The van der Waals surface area contributed by atoms with E-state index in [2.05, 4.69) is 12.1 Å². The fraction of sp³-hybridized carbons (Fsp3) is 0.455. The van der Waals surface area contributed by atoms with Crippen LogP contribution in [0.15, 0.2) is 30.3 Å². The van der Waals surface area contributed by atoms with Crippen LogP contribution >= 0.6 is 0 Å². The van der Waals surface area contributed by atoms with Gasteiger partial charge in [-0.25, -0.2) is 0 Å². The van der Waals surface area contributed by atoms with E-state index in [1.54, 1.807) is 0 Å². The molecule has 0 unspecified atom stereocenters. The highest BCUT2D eigenvalue weighted by atomic mass is 16.5. The molecule has 0 aliphatic carbocycles. The zero-order valence-electron chi connectivity index (χ0n) is 7.52. The summed E-state index contributed by atoms with van der Waals surface area (Å²) in [6.45, 7) is 0.693. The van der Waals surface area contributed by atoms with Gasteiger partial charge in [-0.2, -0.15) is 0 Å². The molecule has 70 valence electrons. The second kappa shape index (κ2) is 3.90. The molecule has 1 heterocycles. The molecule has 2 rings (SSSR count). The zero-order chi connectivity index (χ0) is 9.10. The Hall–Kier alpha value is -0.860. The largest absolute Gasteiger partial charge is 0.390 e. The van der Waals surface area contributed by atoms with Crippen molar-refractivity contribution in [3.05, 3.63) is 35.9 Å². The predicted molar refractivity (Wildman–Crippen MR) is 50.5 cm³/mol. The summed E-state index contributed by atoms with van der Waals surface area (Å²) in [6, 6.07) is 10.1. The Morgan fingerprint density at radius 2 is 2.08 bits per heavy atom. The lowest BCUT2D eigenvalue weighted by molar-refractivity contribution is 0.0430. The molecule has 0 amide bonds. The number of hydrogen-bond acceptors (Lipinski definition) is 2. The van der Waals surface area contributed by atoms with Gasteiger partial charge in [0.05, 0.1) is 12.2 Å². The van der Waals surface area contributed by atoms with Gasteiger partial charge in [0.1, 0.15) is 0 Å². The maximum atomic E-state index is 9.53. The second-order valence-corrected chi connectivity index (χ2v) is 3.45. The van der Waals surface area contributed by atoms with E-state index in [1.807, 2.05) is 18.2 Å². The molecule has 2 heteroatoms. The van der Waals surface area contributed by atoms with E-state index in [9.17, 15) is 5.11 Å². The van der Waals surface area contributed by atoms with E-state index in [-0.39, 0.29) is 12.2 Å². The fourth-order valence-electron chi connectivity index (χ4n) is 1.68. The molecular weight excluding hydrogens is 164 g/mol. The van der Waals surface area contributed by atoms with Gasteiger partial charge >= 0.3 is 0 Å². The van der Waals surface area contributed by atoms with E-state index < -0.39 is 0 Å². The number of ether oxygens (including phenoxy) is 1. The van der Waals surface area contributed by atoms with Gasteiger partial charge in [0.25, 0.3) is 0 Å². The Morgan fingerprint density at radius 1 is 1.31 bits per heavy atom. The van der Waals surface area contributed by atoms with Crippen LogP contribution in [0, 0.1) is 0 Å². The summed E-state index contributed by atoms with van der Waals surface area (Å²) in [5.74, 6) is 0. The van der Waals surface area contributed by atoms with Crippen LogP contribution < -0.4 is 0 Å². The molecule has 0 bridgehead atoms. The highest BCUT2D eigenvalue weighted by molar-refractivity contribution is 5.16. The van der Waals surface area contributed by atoms with Crippen LogP contribution in [-0.4, -0.2) is 23.9 Å². The third-order valence-corrected chi connectivity index (χ3v) is 2.45. The smallest absolute Gasteiger partial charge is 0.0874 e. The molecule has 1 aliphatic rings. The van der Waals surface area contributed by atoms with E-state index >= 15 is 0 Å². The predicted octanol–water partition coefficient (Wildman–Crippen LogP) is 1.38. The maximum absolute atomic E-state index is 9.53.